The molecule has 0 amide bonds. The van der Waals surface area contributed by atoms with E-state index in [9.17, 15) is 8.22 Å². The molecule has 0 fully saturated rings. The van der Waals surface area contributed by atoms with Crippen molar-refractivity contribution in [3.63, 3.8) is 0 Å². The fourth-order valence-electron chi connectivity index (χ4n) is 14.8. The van der Waals surface area contributed by atoms with E-state index >= 15 is 0 Å². The number of allylic oxidation sites excluding steroid dienone is 2. The van der Waals surface area contributed by atoms with Gasteiger partial charge in [-0.2, -0.15) is 0 Å². The molecule has 0 saturated heterocycles. The van der Waals surface area contributed by atoms with E-state index in [0.717, 1.165) is 0 Å². The Morgan fingerprint density at radius 1 is 0.315 bits per heavy atom. The van der Waals surface area contributed by atoms with E-state index in [4.69, 9.17) is 0 Å². The van der Waals surface area contributed by atoms with Crippen molar-refractivity contribution in [1.82, 2.24) is 0 Å². The third-order valence-electron chi connectivity index (χ3n) is 14.1. The van der Waals surface area contributed by atoms with Crippen LogP contribution in [0, 0.1) is 0 Å². The first kappa shape index (κ1) is 38.2. The molecule has 0 saturated carbocycles. The van der Waals surface area contributed by atoms with Crippen molar-refractivity contribution >= 4 is 96.9 Å². The highest BCUT2D eigenvalue weighted by Crippen LogP contribution is 2.79. The first-order valence-corrected chi connectivity index (χ1v) is 59.5. The largest absolute Gasteiger partial charge is 0.103 e. The van der Waals surface area contributed by atoms with Crippen LogP contribution in [0.25, 0.3) is 0 Å². The van der Waals surface area contributed by atoms with E-state index in [1.54, 1.807) is 38.6 Å². The average molecular weight is 938 g/mol. The second kappa shape index (κ2) is 12.5. The third kappa shape index (κ3) is 6.12. The lowest BCUT2D eigenvalue weighted by Gasteiger charge is -2.76. The van der Waals surface area contributed by atoms with Crippen molar-refractivity contribution in [2.75, 3.05) is 0 Å². The highest BCUT2D eigenvalue weighted by atomic mass is 28.4. The Balaban J connectivity index is 2.43. The average Bonchev–Trinajstić information content (AvgIpc) is 2.96. The van der Waals surface area contributed by atoms with Crippen LogP contribution in [0.5, 0.6) is 0 Å². The summed E-state index contributed by atoms with van der Waals surface area (Å²) in [6, 6.07) is 0.0682. The first-order chi connectivity index (χ1) is 25.8. The molecule has 0 spiro atoms. The van der Waals surface area contributed by atoms with Crippen molar-refractivity contribution in [3.05, 3.63) is 50.7 Å². The van der Waals surface area contributed by atoms with Crippen LogP contribution >= 0.6 is 0 Å². The van der Waals surface area contributed by atoms with Gasteiger partial charge in [-0.25, -0.2) is 0 Å². The second-order valence-electron chi connectivity index (χ2n) is 27.2. The Bertz CT molecular complexity index is 1880. The predicted octanol–water partition coefficient (Wildman–Crippen LogP) is 14.9. The smallest absolute Gasteiger partial charge is 0.0944 e. The molecular formula is C42H90Si12. The Morgan fingerprint density at radius 3 is 0.574 bits per heavy atom. The molecular weight excluding hydrogens is 841 g/mol. The Hall–Kier alpha value is 1.30. The Kier molecular flexibility index (Phi) is 8.82. The predicted molar refractivity (Wildman–Crippen MR) is 285 cm³/mol. The zero-order valence-corrected chi connectivity index (χ0v) is 53.0. The van der Waals surface area contributed by atoms with Crippen LogP contribution in [-0.2, 0) is 0 Å². The molecule has 0 aromatic rings. The minimum Gasteiger partial charge on any atom is -0.0944 e. The van der Waals surface area contributed by atoms with Gasteiger partial charge in [-0.1, -0.05) is 234 Å². The molecule has 0 radical (unpaired) electrons. The van der Waals surface area contributed by atoms with E-state index in [1.165, 1.54) is 0 Å². The van der Waals surface area contributed by atoms with Crippen molar-refractivity contribution in [2.45, 2.75) is 205 Å². The Morgan fingerprint density at radius 2 is 0.444 bits per heavy atom. The fraction of sp³-hybridized carbons (Fsp3) is 0.762. The van der Waals surface area contributed by atoms with Crippen molar-refractivity contribution in [2.24, 2.45) is 0 Å². The molecule has 0 nitrogen and oxygen atoms in total. The second-order valence-corrected chi connectivity index (χ2v) is 86.2. The molecule has 0 aromatic heterocycles. The quantitative estimate of drug-likeness (QED) is 0.168. The Labute approximate surface area is 358 Å². The number of hydrogen-bond donors (Lipinski definition) is 0. The van der Waals surface area contributed by atoms with E-state index in [0.29, 0.717) is 0 Å². The molecule has 1 aliphatic carbocycles. The van der Waals surface area contributed by atoms with Crippen LogP contribution in [0.4, 0.5) is 0 Å². The van der Waals surface area contributed by atoms with Gasteiger partial charge in [0.15, 0.2) is 0 Å². The lowest BCUT2D eigenvalue weighted by Crippen LogP contribution is -2.80. The molecule has 4 bridgehead atoms. The molecule has 6 aliphatic heterocycles. The summed E-state index contributed by atoms with van der Waals surface area (Å²) in [6.07, 6.45) is 0. The van der Waals surface area contributed by atoms with Crippen molar-refractivity contribution < 1.29 is 8.22 Å². The molecule has 4 unspecified atom stereocenters. The van der Waals surface area contributed by atoms with Crippen LogP contribution in [0.1, 0.15) is 8.22 Å². The summed E-state index contributed by atoms with van der Waals surface area (Å²) in [5, 5.41) is 0. The van der Waals surface area contributed by atoms with Gasteiger partial charge in [0.1, 0.15) is 16.1 Å². The number of rotatable bonds is 8. The molecule has 7 rings (SSSR count). The van der Waals surface area contributed by atoms with Crippen molar-refractivity contribution in [3.8, 4) is 0 Å². The molecule has 306 valence electrons. The maximum atomic E-state index is 12.7. The minimum atomic E-state index is -3.57. The zero-order chi connectivity index (χ0) is 47.8. The van der Waals surface area contributed by atoms with Crippen LogP contribution in [0.3, 0.4) is 0 Å². The van der Waals surface area contributed by atoms with E-state index in [-0.39, 0.29) is 12.1 Å². The molecule has 0 N–H and O–H groups in total. The normalized spacial score (nSPS) is 44.2. The summed E-state index contributed by atoms with van der Waals surface area (Å²) < 4.78 is 71.5. The molecule has 0 aromatic carbocycles. The van der Waals surface area contributed by atoms with Gasteiger partial charge in [-0.3, -0.25) is 0 Å². The standard InChI is InChI=1S/C42H90Si12/c1-43(2,3)35-39(47(13,14)15)53(27)33-31(51(35,25)36(44(4,5)6)40(53)48(16,17)18)29-30-32-34(33)54(28)41(49(19,20)21)37(45(7,8)9)52(32,26)38(46(10,11)12)42(54)50(22,23)24/h29-34H,1-28H3/i29D,30D,31D,32D,33D,34D. The van der Waals surface area contributed by atoms with Gasteiger partial charge in [0.2, 0.25) is 0 Å². The van der Waals surface area contributed by atoms with Gasteiger partial charge >= 0.3 is 0 Å². The van der Waals surface area contributed by atoms with Crippen molar-refractivity contribution in [1.29, 1.82) is 0 Å². The highest BCUT2D eigenvalue weighted by molar-refractivity contribution is 7.34. The number of hydrogen-bond acceptors (Lipinski definition) is 0. The summed E-state index contributed by atoms with van der Waals surface area (Å²) in [7, 11) is -32.3. The molecule has 7 aliphatic rings. The van der Waals surface area contributed by atoms with Crippen LogP contribution in [-0.4, -0.2) is 96.9 Å². The van der Waals surface area contributed by atoms with Gasteiger partial charge in [0, 0.05) is 5.48 Å². The van der Waals surface area contributed by atoms with E-state index < -0.39 is 119 Å². The summed E-state index contributed by atoms with van der Waals surface area (Å²) in [5.74, 6) is 0. The maximum absolute atomic E-state index is 12.7. The molecule has 12 heteroatoms. The lowest BCUT2D eigenvalue weighted by molar-refractivity contribution is 0.647. The van der Waals surface area contributed by atoms with Crippen LogP contribution in [0.2, 0.25) is 205 Å². The molecule has 54 heavy (non-hydrogen) atoms. The van der Waals surface area contributed by atoms with Gasteiger partial charge in [-0.15, -0.1) is 0 Å². The van der Waals surface area contributed by atoms with Gasteiger partial charge in [0.05, 0.1) is 83.5 Å². The monoisotopic (exact) mass is 936 g/mol. The topological polar surface area (TPSA) is 0 Å². The van der Waals surface area contributed by atoms with Gasteiger partial charge in [-0.05, 0) is 22.1 Å². The molecule has 6 heterocycles. The summed E-state index contributed by atoms with van der Waals surface area (Å²) in [5.41, 5.74) is -6.80. The summed E-state index contributed by atoms with van der Waals surface area (Å²) >= 11 is 0. The zero-order valence-electron chi connectivity index (χ0n) is 47.0. The maximum Gasteiger partial charge on any atom is 0.103 e. The SMILES string of the molecule is [2H]C1=C([2H])C2([2H])C([2H])(C3([2H])C1([2H])[Si]1(C)C([Si](C)(C)C)=C([Si](C)(C)C)[Si]3(C)C([Si](C)(C)C)=C1[Si](C)(C)C)[Si]1(C)C([Si](C)(C)C)=C([Si](C)(C)C)[Si]2(C)C([Si](C)(C)C)=C1[Si](C)(C)C. The van der Waals surface area contributed by atoms with Crippen LogP contribution in [0.15, 0.2) is 50.7 Å². The lowest BCUT2D eigenvalue weighted by atomic mass is 10.0. The molecule has 4 atom stereocenters. The fourth-order valence-corrected chi connectivity index (χ4v) is 122. The van der Waals surface area contributed by atoms with Gasteiger partial charge < -0.3 is 0 Å². The first-order valence-electron chi connectivity index (χ1n) is 24.5. The van der Waals surface area contributed by atoms with Crippen LogP contribution < -0.4 is 0 Å². The highest BCUT2D eigenvalue weighted by Gasteiger charge is 2.78. The minimum absolute atomic E-state index is 0.0341. The van der Waals surface area contributed by atoms with Gasteiger partial charge in [0.25, 0.3) is 0 Å². The van der Waals surface area contributed by atoms with E-state index in [1.807, 2.05) is 0 Å². The third-order valence-corrected chi connectivity index (χ3v) is 78.6. The van der Waals surface area contributed by atoms with E-state index in [2.05, 4.69) is 183 Å². The summed E-state index contributed by atoms with van der Waals surface area (Å²) in [6.45, 7) is 70.7. The summed E-state index contributed by atoms with van der Waals surface area (Å²) in [4.78, 5) is 12.8.